The van der Waals surface area contributed by atoms with Crippen LogP contribution in [0.5, 0.6) is 0 Å². The summed E-state index contributed by atoms with van der Waals surface area (Å²) in [5.41, 5.74) is 0.718. The highest BCUT2D eigenvalue weighted by Gasteiger charge is 2.23. The summed E-state index contributed by atoms with van der Waals surface area (Å²) >= 11 is 1.26. The predicted octanol–water partition coefficient (Wildman–Crippen LogP) is 3.03. The molecule has 2 N–H and O–H groups in total. The second-order valence-electron chi connectivity index (χ2n) is 10.2. The second kappa shape index (κ2) is 12.4. The molecule has 0 radical (unpaired) electrons. The van der Waals surface area contributed by atoms with Crippen LogP contribution in [-0.4, -0.2) is 65.1 Å². The van der Waals surface area contributed by atoms with Gasteiger partial charge in [-0.05, 0) is 56.7 Å². The van der Waals surface area contributed by atoms with Crippen molar-refractivity contribution in [2.75, 3.05) is 25.5 Å². The lowest BCUT2D eigenvalue weighted by Gasteiger charge is -2.22. The van der Waals surface area contributed by atoms with Gasteiger partial charge in [0.05, 0.1) is 35.4 Å². The van der Waals surface area contributed by atoms with Crippen molar-refractivity contribution in [3.63, 3.8) is 0 Å². The van der Waals surface area contributed by atoms with Crippen LogP contribution in [0, 0.1) is 0 Å². The Kier molecular flexibility index (Phi) is 8.78. The first-order valence-corrected chi connectivity index (χ1v) is 14.5. The van der Waals surface area contributed by atoms with Crippen molar-refractivity contribution >= 4 is 34.5 Å². The molecule has 1 aliphatic carbocycles. The van der Waals surface area contributed by atoms with E-state index in [1.165, 1.54) is 18.2 Å². The Labute approximate surface area is 221 Å². The van der Waals surface area contributed by atoms with Crippen LogP contribution in [0.4, 0.5) is 0 Å². The molecule has 5 rings (SSSR count). The predicted molar refractivity (Wildman–Crippen MR) is 142 cm³/mol. The van der Waals surface area contributed by atoms with Gasteiger partial charge in [0.15, 0.2) is 5.16 Å². The van der Waals surface area contributed by atoms with Gasteiger partial charge in [0.25, 0.3) is 11.5 Å². The number of hydrogen-bond donors (Lipinski definition) is 2. The Hall–Kier alpha value is -2.43. The molecular weight excluding hydrogens is 492 g/mol. The molecule has 1 aromatic carbocycles. The van der Waals surface area contributed by atoms with Crippen LogP contribution >= 0.6 is 11.8 Å². The minimum atomic E-state index is -0.219. The number of benzene rings is 1. The number of carbonyl (C=O) groups is 2. The molecule has 2 aromatic rings. The fraction of sp³-hybridized carbons (Fsp3) is 0.630. The minimum absolute atomic E-state index is 0.0443. The number of aromatic nitrogens is 2. The van der Waals surface area contributed by atoms with Crippen molar-refractivity contribution in [1.29, 1.82) is 0 Å². The van der Waals surface area contributed by atoms with Gasteiger partial charge in [0.2, 0.25) is 5.91 Å². The van der Waals surface area contributed by atoms with Crippen molar-refractivity contribution in [3.05, 3.63) is 34.1 Å². The summed E-state index contributed by atoms with van der Waals surface area (Å²) in [6.07, 6.45) is 9.38. The highest BCUT2D eigenvalue weighted by atomic mass is 32.2. The molecule has 2 saturated heterocycles. The number of hydrogen-bond acceptors (Lipinski definition) is 7. The third-order valence-corrected chi connectivity index (χ3v) is 8.39. The van der Waals surface area contributed by atoms with Crippen LogP contribution in [-0.2, 0) is 20.8 Å². The van der Waals surface area contributed by atoms with Gasteiger partial charge >= 0.3 is 0 Å². The van der Waals surface area contributed by atoms with Crippen LogP contribution in [0.3, 0.4) is 0 Å². The number of nitrogens with one attached hydrogen (secondary N) is 2. The molecule has 0 unspecified atom stereocenters. The van der Waals surface area contributed by atoms with Crippen LogP contribution in [0.25, 0.3) is 10.9 Å². The Morgan fingerprint density at radius 3 is 2.49 bits per heavy atom. The van der Waals surface area contributed by atoms with E-state index in [0.717, 1.165) is 58.0 Å². The summed E-state index contributed by atoms with van der Waals surface area (Å²) in [6.45, 7) is 2.29. The summed E-state index contributed by atoms with van der Waals surface area (Å²) in [5, 5.41) is 6.98. The summed E-state index contributed by atoms with van der Waals surface area (Å²) in [5.74, 6) is -0.0809. The third-order valence-electron chi connectivity index (χ3n) is 7.41. The zero-order valence-corrected chi connectivity index (χ0v) is 22.0. The molecule has 3 fully saturated rings. The Morgan fingerprint density at radius 1 is 1.00 bits per heavy atom. The van der Waals surface area contributed by atoms with E-state index in [1.54, 1.807) is 22.8 Å². The van der Waals surface area contributed by atoms with Gasteiger partial charge in [-0.3, -0.25) is 19.0 Å². The minimum Gasteiger partial charge on any atom is -0.376 e. The topological polar surface area (TPSA) is 112 Å². The highest BCUT2D eigenvalue weighted by Crippen LogP contribution is 2.23. The van der Waals surface area contributed by atoms with E-state index in [1.807, 2.05) is 0 Å². The number of ether oxygens (including phenoxy) is 2. The van der Waals surface area contributed by atoms with Gasteiger partial charge in [-0.15, -0.1) is 0 Å². The van der Waals surface area contributed by atoms with Gasteiger partial charge in [0, 0.05) is 31.4 Å². The van der Waals surface area contributed by atoms with E-state index in [0.29, 0.717) is 41.3 Å². The smallest absolute Gasteiger partial charge is 0.262 e. The lowest BCUT2D eigenvalue weighted by Crippen LogP contribution is -2.37. The molecule has 0 spiro atoms. The number of carbonyl (C=O) groups excluding carboxylic acids is 2. The summed E-state index contributed by atoms with van der Waals surface area (Å²) < 4.78 is 13.0. The first kappa shape index (κ1) is 26.2. The zero-order valence-electron chi connectivity index (χ0n) is 21.2. The largest absolute Gasteiger partial charge is 0.376 e. The second-order valence-corrected chi connectivity index (χ2v) is 11.2. The van der Waals surface area contributed by atoms with Crippen molar-refractivity contribution in [1.82, 2.24) is 20.2 Å². The molecule has 3 heterocycles. The first-order valence-electron chi connectivity index (χ1n) is 13.5. The van der Waals surface area contributed by atoms with Crippen molar-refractivity contribution in [3.8, 4) is 0 Å². The van der Waals surface area contributed by atoms with Crippen molar-refractivity contribution in [2.45, 2.75) is 87.7 Å². The normalized spacial score (nSPS) is 22.4. The fourth-order valence-electron chi connectivity index (χ4n) is 5.37. The molecule has 2 atom stereocenters. The molecule has 1 saturated carbocycles. The van der Waals surface area contributed by atoms with Crippen molar-refractivity contribution in [2.24, 2.45) is 0 Å². The maximum Gasteiger partial charge on any atom is 0.262 e. The third kappa shape index (κ3) is 6.72. The number of amides is 2. The molecular formula is C27H36N4O5S. The number of fused-ring (bicyclic) bond motifs is 1. The summed E-state index contributed by atoms with van der Waals surface area (Å²) in [7, 11) is 0. The van der Waals surface area contributed by atoms with Crippen molar-refractivity contribution < 1.29 is 19.1 Å². The molecule has 2 amide bonds. The molecule has 0 bridgehead atoms. The van der Waals surface area contributed by atoms with Gasteiger partial charge < -0.3 is 20.1 Å². The first-order chi connectivity index (χ1) is 18.1. The SMILES string of the molecule is O=C(CSc1nc2cc(C(=O)NC[C@H]3CCCO3)ccc2c(=O)n1C[C@@H]1CCCO1)NC1CCCCC1. The highest BCUT2D eigenvalue weighted by molar-refractivity contribution is 7.99. The Balaban J connectivity index is 1.35. The van der Waals surface area contributed by atoms with E-state index < -0.39 is 0 Å². The standard InChI is InChI=1S/C27H36N4O5S/c32-24(29-19-6-2-1-3-7-19)17-37-27-30-23-14-18(25(33)28-15-20-8-4-12-35-20)10-11-22(23)26(34)31(27)16-21-9-5-13-36-21/h10-11,14,19-21H,1-9,12-13,15-17H2,(H,28,33)(H,29,32)/t20-,21+/m1/s1. The van der Waals surface area contributed by atoms with E-state index in [2.05, 4.69) is 10.6 Å². The maximum absolute atomic E-state index is 13.5. The average Bonchev–Trinajstić information content (AvgIpc) is 3.63. The summed E-state index contributed by atoms with van der Waals surface area (Å²) in [4.78, 5) is 43.7. The number of nitrogens with zero attached hydrogens (tertiary/aromatic N) is 2. The van der Waals surface area contributed by atoms with E-state index >= 15 is 0 Å². The van der Waals surface area contributed by atoms with Crippen LogP contribution < -0.4 is 16.2 Å². The van der Waals surface area contributed by atoms with Gasteiger partial charge in [-0.1, -0.05) is 31.0 Å². The lowest BCUT2D eigenvalue weighted by molar-refractivity contribution is -0.119. The fourth-order valence-corrected chi connectivity index (χ4v) is 6.19. The van der Waals surface area contributed by atoms with E-state index in [4.69, 9.17) is 14.5 Å². The maximum atomic E-state index is 13.5. The molecule has 10 heteroatoms. The number of rotatable bonds is 9. The Morgan fingerprint density at radius 2 is 1.76 bits per heavy atom. The molecule has 200 valence electrons. The van der Waals surface area contributed by atoms with Gasteiger partial charge in [-0.2, -0.15) is 0 Å². The lowest BCUT2D eigenvalue weighted by atomic mass is 9.95. The van der Waals surface area contributed by atoms with Crippen LogP contribution in [0.1, 0.15) is 68.1 Å². The van der Waals surface area contributed by atoms with Crippen LogP contribution in [0.2, 0.25) is 0 Å². The Bertz CT molecular complexity index is 1170. The molecule has 2 aliphatic heterocycles. The van der Waals surface area contributed by atoms with E-state index in [-0.39, 0.29) is 41.4 Å². The number of thioether (sulfide) groups is 1. The average molecular weight is 529 g/mol. The molecule has 9 nitrogen and oxygen atoms in total. The van der Waals surface area contributed by atoms with Crippen LogP contribution in [0.15, 0.2) is 28.2 Å². The summed E-state index contributed by atoms with van der Waals surface area (Å²) in [6, 6.07) is 5.22. The monoisotopic (exact) mass is 528 g/mol. The molecule has 1 aromatic heterocycles. The van der Waals surface area contributed by atoms with Gasteiger partial charge in [-0.25, -0.2) is 4.98 Å². The quantitative estimate of drug-likeness (QED) is 0.380. The zero-order chi connectivity index (χ0) is 25.6. The molecule has 3 aliphatic rings. The van der Waals surface area contributed by atoms with E-state index in [9.17, 15) is 14.4 Å². The molecule has 37 heavy (non-hydrogen) atoms. The van der Waals surface area contributed by atoms with Gasteiger partial charge in [0.1, 0.15) is 0 Å².